The summed E-state index contributed by atoms with van der Waals surface area (Å²) < 4.78 is 9.94. The Kier molecular flexibility index (Phi) is 30.6. The third-order valence-electron chi connectivity index (χ3n) is 0.488. The minimum Gasteiger partial charge on any atom is -0.549 e. The Bertz CT molecular complexity index is 187. The number of nitrogens with two attached hydrogens (primary N) is 2. The van der Waals surface area contributed by atoms with E-state index in [1.165, 1.54) is 6.26 Å². The summed E-state index contributed by atoms with van der Waals surface area (Å²) in [5, 5.41) is 24.3. The van der Waals surface area contributed by atoms with Gasteiger partial charge in [0.15, 0.2) is 0 Å². The topological polar surface area (TPSA) is 175 Å². The molecule has 0 aliphatic heterocycles. The van der Waals surface area contributed by atoms with Crippen LogP contribution >= 0.6 is 0 Å². The molecule has 0 aliphatic rings. The summed E-state index contributed by atoms with van der Waals surface area (Å²) >= 11 is 0. The predicted octanol–water partition coefficient (Wildman–Crippen LogP) is -3.22. The van der Waals surface area contributed by atoms with Gasteiger partial charge in [-0.1, -0.05) is 0 Å². The fourth-order valence-electron chi connectivity index (χ4n) is 0.166. The molecule has 0 radical (unpaired) electrons. The monoisotopic (exact) mass is 438 g/mol. The van der Waals surface area contributed by atoms with E-state index in [0.717, 1.165) is 0 Å². The van der Waals surface area contributed by atoms with Gasteiger partial charge in [0.2, 0.25) is 0 Å². The number of carbonyl (C=O) groups excluding carboxylic acids is 1. The van der Waals surface area contributed by atoms with E-state index in [-0.39, 0.29) is 26.8 Å². The average Bonchev–Trinajstić information content (AvgIpc) is 2.01. The molecule has 0 aromatic carbocycles. The van der Waals surface area contributed by atoms with Crippen LogP contribution < -0.4 is 16.6 Å². The summed E-state index contributed by atoms with van der Waals surface area (Å²) in [6.07, 6.45) is 1.32. The largest absolute Gasteiger partial charge is 2.00 e. The molecule has 16 heavy (non-hydrogen) atoms. The third kappa shape index (κ3) is 106. The Morgan fingerprint density at radius 3 is 1.56 bits per heavy atom. The normalized spacial score (nSPS) is 9.19. The maximum atomic E-state index is 9.94. The van der Waals surface area contributed by atoms with Gasteiger partial charge in [0.25, 0.3) is 0 Å². The van der Waals surface area contributed by atoms with Crippen molar-refractivity contribution in [1.82, 2.24) is 0 Å². The third-order valence-corrected chi connectivity index (χ3v) is 1.13. The molecule has 1 atom stereocenters. The first-order valence-corrected chi connectivity index (χ1v) is 5.22. The van der Waals surface area contributed by atoms with E-state index in [4.69, 9.17) is 26.8 Å². The van der Waals surface area contributed by atoms with Gasteiger partial charge in [-0.25, -0.2) is 0 Å². The van der Waals surface area contributed by atoms with Crippen LogP contribution in [0.4, 0.5) is 0 Å². The Morgan fingerprint density at radius 1 is 1.31 bits per heavy atom. The van der Waals surface area contributed by atoms with Crippen LogP contribution in [0, 0.1) is 15.3 Å². The zero-order chi connectivity index (χ0) is 12.9. The second-order valence-corrected chi connectivity index (χ2v) is 3.33. The summed E-state index contributed by atoms with van der Waals surface area (Å²) in [6, 6.07) is 0. The fourth-order valence-corrected chi connectivity index (χ4v) is 0.498. The van der Waals surface area contributed by atoms with E-state index in [9.17, 15) is 14.1 Å². The van der Waals surface area contributed by atoms with Gasteiger partial charge in [-0.05, 0) is 0 Å². The SMILES string of the molecule is CS(=O)CC(=O)[O-].NCCN.O=[N+]([O-])[O-].[Pt+2]. The van der Waals surface area contributed by atoms with Crippen molar-refractivity contribution in [1.29, 1.82) is 0 Å². The Hall–Kier alpha value is -0.572. The van der Waals surface area contributed by atoms with Crippen molar-refractivity contribution in [2.24, 2.45) is 11.5 Å². The van der Waals surface area contributed by atoms with Crippen LogP contribution in [0.2, 0.25) is 0 Å². The number of aliphatic carboxylic acids is 1. The Labute approximate surface area is 109 Å². The molecule has 0 fully saturated rings. The Morgan fingerprint density at radius 2 is 1.56 bits per heavy atom. The molecule has 0 aromatic rings. The molecule has 0 spiro atoms. The van der Waals surface area contributed by atoms with Crippen molar-refractivity contribution in [3.63, 3.8) is 0 Å². The molecular formula is C5H13N3O6PtS. The van der Waals surface area contributed by atoms with Gasteiger partial charge in [-0.3, -0.25) is 4.21 Å². The van der Waals surface area contributed by atoms with Crippen LogP contribution in [0.5, 0.6) is 0 Å². The molecular weight excluding hydrogens is 425 g/mol. The van der Waals surface area contributed by atoms with E-state index in [1.807, 2.05) is 0 Å². The van der Waals surface area contributed by atoms with Gasteiger partial charge < -0.3 is 36.7 Å². The average molecular weight is 438 g/mol. The van der Waals surface area contributed by atoms with Crippen molar-refractivity contribution in [2.45, 2.75) is 0 Å². The first-order chi connectivity index (χ1) is 6.77. The number of nitrogens with zero attached hydrogens (tertiary/aromatic N) is 1. The van der Waals surface area contributed by atoms with E-state index in [1.54, 1.807) is 0 Å². The molecule has 0 saturated carbocycles. The standard InChI is InChI=1S/C3H6O3S.C2H8N2.NO3.Pt/c1-7(6)2-3(4)5;3-1-2-4;2-1(3)4;/h2H2,1H3,(H,4,5);1-4H2;;/q;;-1;+2/p-1. The van der Waals surface area contributed by atoms with Crippen LogP contribution in [-0.4, -0.2) is 40.4 Å². The molecule has 4 N–H and O–H groups in total. The molecule has 0 amide bonds. The first-order valence-electron chi connectivity index (χ1n) is 3.49. The van der Waals surface area contributed by atoms with E-state index < -0.39 is 21.9 Å². The minimum atomic E-state index is -1.75. The van der Waals surface area contributed by atoms with Crippen LogP contribution in [0.15, 0.2) is 0 Å². The van der Waals surface area contributed by atoms with Gasteiger partial charge in [-0.15, -0.1) is 0 Å². The number of hydrogen-bond donors (Lipinski definition) is 2. The summed E-state index contributed by atoms with van der Waals surface area (Å²) in [5.74, 6) is -1.62. The second kappa shape index (κ2) is 19.9. The number of carboxylic acids is 1. The van der Waals surface area contributed by atoms with Crippen LogP contribution in [0.3, 0.4) is 0 Å². The number of carboxylic acid groups (broad SMARTS) is 1. The summed E-state index contributed by atoms with van der Waals surface area (Å²) in [7, 11) is -1.26. The summed E-state index contributed by atoms with van der Waals surface area (Å²) in [5.41, 5.74) is 9.81. The summed E-state index contributed by atoms with van der Waals surface area (Å²) in [6.45, 7) is 1.19. The molecule has 0 aliphatic carbocycles. The van der Waals surface area contributed by atoms with Gasteiger partial charge in [0.05, 0.1) is 16.8 Å². The van der Waals surface area contributed by atoms with Crippen LogP contribution in [0.1, 0.15) is 0 Å². The van der Waals surface area contributed by atoms with Gasteiger partial charge in [-0.2, -0.15) is 0 Å². The minimum absolute atomic E-state index is 0. The van der Waals surface area contributed by atoms with Crippen molar-refractivity contribution in [3.8, 4) is 0 Å². The van der Waals surface area contributed by atoms with Crippen molar-refractivity contribution < 1.29 is 40.3 Å². The zero-order valence-corrected chi connectivity index (χ0v) is 11.5. The molecule has 0 saturated heterocycles. The molecule has 0 bridgehead atoms. The molecule has 11 heteroatoms. The van der Waals surface area contributed by atoms with Crippen molar-refractivity contribution >= 4 is 16.8 Å². The Balaban J connectivity index is -0.0000000700. The van der Waals surface area contributed by atoms with Gasteiger partial charge >= 0.3 is 21.1 Å². The van der Waals surface area contributed by atoms with E-state index in [0.29, 0.717) is 13.1 Å². The zero-order valence-electron chi connectivity index (χ0n) is 8.40. The van der Waals surface area contributed by atoms with Crippen LogP contribution in [-0.2, 0) is 36.7 Å². The van der Waals surface area contributed by atoms with Crippen molar-refractivity contribution in [3.05, 3.63) is 15.3 Å². The maximum Gasteiger partial charge on any atom is 2.00 e. The number of carbonyl (C=O) groups is 1. The van der Waals surface area contributed by atoms with E-state index in [2.05, 4.69) is 0 Å². The summed E-state index contributed by atoms with van der Waals surface area (Å²) in [4.78, 5) is 17.8. The first kappa shape index (κ1) is 24.6. The molecule has 0 aromatic heterocycles. The molecule has 100 valence electrons. The van der Waals surface area contributed by atoms with E-state index >= 15 is 0 Å². The number of rotatable bonds is 3. The van der Waals surface area contributed by atoms with Gasteiger partial charge in [0, 0.05) is 30.1 Å². The molecule has 9 nitrogen and oxygen atoms in total. The maximum absolute atomic E-state index is 9.94. The smallest absolute Gasteiger partial charge is 0.549 e. The van der Waals surface area contributed by atoms with Crippen LogP contribution in [0.25, 0.3) is 0 Å². The number of hydrogen-bond acceptors (Lipinski definition) is 8. The van der Waals surface area contributed by atoms with Crippen molar-refractivity contribution in [2.75, 3.05) is 25.1 Å². The molecule has 1 unspecified atom stereocenters. The van der Waals surface area contributed by atoms with Gasteiger partial charge in [0.1, 0.15) is 0 Å². The predicted molar refractivity (Wildman–Crippen MR) is 52.4 cm³/mol. The quantitative estimate of drug-likeness (QED) is 0.342. The fraction of sp³-hybridized carbons (Fsp3) is 0.800. The molecule has 0 rings (SSSR count). The molecule has 0 heterocycles. The second-order valence-electron chi connectivity index (χ2n) is 1.89.